The summed E-state index contributed by atoms with van der Waals surface area (Å²) in [6.07, 6.45) is 0.472. The zero-order valence-electron chi connectivity index (χ0n) is 10.6. The topological polar surface area (TPSA) is 41.1 Å². The Balaban J connectivity index is 2.51. The van der Waals surface area contributed by atoms with Gasteiger partial charge in [0.15, 0.2) is 0 Å². The molecule has 100 valence electrons. The third kappa shape index (κ3) is 4.84. The largest absolute Gasteiger partial charge is 0.350 e. The summed E-state index contributed by atoms with van der Waals surface area (Å²) in [7, 11) is 0. The zero-order valence-corrected chi connectivity index (χ0v) is 12.1. The molecule has 0 spiro atoms. The Hall–Kier alpha value is -0.770. The molecule has 1 atom stereocenters. The predicted octanol–water partition coefficient (Wildman–Crippen LogP) is 3.17. The van der Waals surface area contributed by atoms with E-state index < -0.39 is 0 Å². The average molecular weight is 289 g/mol. The molecule has 0 aliphatic carbocycles. The van der Waals surface area contributed by atoms with Crippen LogP contribution in [-0.2, 0) is 4.79 Å². The lowest BCUT2D eigenvalue weighted by Crippen LogP contribution is -2.29. The van der Waals surface area contributed by atoms with Crippen molar-refractivity contribution in [2.45, 2.75) is 26.3 Å². The molecule has 0 radical (unpaired) electrons. The minimum absolute atomic E-state index is 0.0227. The molecule has 0 aliphatic rings. The summed E-state index contributed by atoms with van der Waals surface area (Å²) in [4.78, 5) is 11.6. The number of rotatable bonds is 6. The van der Waals surface area contributed by atoms with Crippen LogP contribution in [0.2, 0.25) is 10.0 Å². The Morgan fingerprint density at radius 3 is 2.67 bits per heavy atom. The number of halogens is 2. The van der Waals surface area contributed by atoms with Crippen molar-refractivity contribution in [2.75, 3.05) is 13.1 Å². The maximum atomic E-state index is 11.6. The molecule has 0 saturated heterocycles. The first-order chi connectivity index (χ1) is 8.54. The highest BCUT2D eigenvalue weighted by molar-refractivity contribution is 6.42. The van der Waals surface area contributed by atoms with Crippen LogP contribution in [0.3, 0.4) is 0 Å². The highest BCUT2D eigenvalue weighted by Crippen LogP contribution is 2.25. The van der Waals surface area contributed by atoms with Crippen molar-refractivity contribution < 1.29 is 4.79 Å². The first-order valence-electron chi connectivity index (χ1n) is 5.99. The summed E-state index contributed by atoms with van der Waals surface area (Å²) in [6.45, 7) is 5.49. The van der Waals surface area contributed by atoms with E-state index in [-0.39, 0.29) is 11.9 Å². The summed E-state index contributed by atoms with van der Waals surface area (Å²) in [5, 5.41) is 7.05. The van der Waals surface area contributed by atoms with Crippen molar-refractivity contribution in [1.82, 2.24) is 10.6 Å². The Bertz CT molecular complexity index is 410. The van der Waals surface area contributed by atoms with Crippen molar-refractivity contribution in [3.63, 3.8) is 0 Å². The first-order valence-corrected chi connectivity index (χ1v) is 6.75. The third-order valence-electron chi connectivity index (χ3n) is 2.60. The summed E-state index contributed by atoms with van der Waals surface area (Å²) >= 11 is 11.8. The van der Waals surface area contributed by atoms with Crippen LogP contribution in [0.15, 0.2) is 18.2 Å². The van der Waals surface area contributed by atoms with Crippen LogP contribution < -0.4 is 10.6 Å². The van der Waals surface area contributed by atoms with Crippen molar-refractivity contribution in [3.8, 4) is 0 Å². The monoisotopic (exact) mass is 288 g/mol. The number of carbonyl (C=O) groups excluding carboxylic acids is 1. The number of benzene rings is 1. The summed E-state index contributed by atoms with van der Waals surface area (Å²) < 4.78 is 0. The van der Waals surface area contributed by atoms with E-state index >= 15 is 0 Å². The van der Waals surface area contributed by atoms with Gasteiger partial charge in [-0.15, -0.1) is 0 Å². The molecule has 5 heteroatoms. The Labute approximate surface area is 118 Å². The fourth-order valence-electron chi connectivity index (χ4n) is 1.56. The number of amides is 1. The lowest BCUT2D eigenvalue weighted by atomic mass is 10.1. The molecule has 1 aromatic carbocycles. The number of carbonyl (C=O) groups is 1. The van der Waals surface area contributed by atoms with Gasteiger partial charge in [-0.25, -0.2) is 0 Å². The van der Waals surface area contributed by atoms with Gasteiger partial charge in [-0.05, 0) is 31.2 Å². The fourth-order valence-corrected chi connectivity index (χ4v) is 1.86. The van der Waals surface area contributed by atoms with Crippen LogP contribution in [0.4, 0.5) is 0 Å². The normalized spacial score (nSPS) is 12.2. The SMILES string of the molecule is CCNCCC(=O)NC(C)c1ccc(Cl)c(Cl)c1. The molecule has 3 nitrogen and oxygen atoms in total. The van der Waals surface area contributed by atoms with E-state index in [1.54, 1.807) is 12.1 Å². The minimum Gasteiger partial charge on any atom is -0.350 e. The quantitative estimate of drug-likeness (QED) is 0.790. The smallest absolute Gasteiger partial charge is 0.221 e. The summed E-state index contributed by atoms with van der Waals surface area (Å²) in [6, 6.07) is 5.30. The number of hydrogen-bond acceptors (Lipinski definition) is 2. The van der Waals surface area contributed by atoms with Gasteiger partial charge in [0.25, 0.3) is 0 Å². The van der Waals surface area contributed by atoms with E-state index in [2.05, 4.69) is 10.6 Å². The van der Waals surface area contributed by atoms with Crippen LogP contribution in [0.1, 0.15) is 31.9 Å². The van der Waals surface area contributed by atoms with Gasteiger partial charge in [0.05, 0.1) is 16.1 Å². The van der Waals surface area contributed by atoms with E-state index in [4.69, 9.17) is 23.2 Å². The van der Waals surface area contributed by atoms with Gasteiger partial charge in [-0.1, -0.05) is 36.2 Å². The van der Waals surface area contributed by atoms with Crippen LogP contribution in [0.5, 0.6) is 0 Å². The predicted molar refractivity (Wildman–Crippen MR) is 76.2 cm³/mol. The Morgan fingerprint density at radius 1 is 1.33 bits per heavy atom. The van der Waals surface area contributed by atoms with E-state index in [1.165, 1.54) is 0 Å². The van der Waals surface area contributed by atoms with E-state index in [0.29, 0.717) is 23.0 Å². The maximum Gasteiger partial charge on any atom is 0.221 e. The minimum atomic E-state index is -0.0751. The third-order valence-corrected chi connectivity index (χ3v) is 3.34. The molecule has 18 heavy (non-hydrogen) atoms. The molecule has 1 rings (SSSR count). The summed E-state index contributed by atoms with van der Waals surface area (Å²) in [5.41, 5.74) is 0.946. The first kappa shape index (κ1) is 15.3. The molecule has 1 unspecified atom stereocenters. The van der Waals surface area contributed by atoms with Gasteiger partial charge in [0, 0.05) is 13.0 Å². The van der Waals surface area contributed by atoms with Crippen LogP contribution >= 0.6 is 23.2 Å². The van der Waals surface area contributed by atoms with Gasteiger partial charge < -0.3 is 10.6 Å². The highest BCUT2D eigenvalue weighted by Gasteiger charge is 2.10. The standard InChI is InChI=1S/C13H18Cl2N2O/c1-3-16-7-6-13(18)17-9(2)10-4-5-11(14)12(15)8-10/h4-5,8-9,16H,3,6-7H2,1-2H3,(H,17,18). The second-order valence-electron chi connectivity index (χ2n) is 4.07. The molecule has 0 saturated carbocycles. The highest BCUT2D eigenvalue weighted by atomic mass is 35.5. The van der Waals surface area contributed by atoms with Gasteiger partial charge in [-0.2, -0.15) is 0 Å². The second kappa shape index (κ2) is 7.62. The molecular weight excluding hydrogens is 271 g/mol. The van der Waals surface area contributed by atoms with Crippen LogP contribution in [0, 0.1) is 0 Å². The van der Waals surface area contributed by atoms with E-state index in [9.17, 15) is 4.79 Å². The maximum absolute atomic E-state index is 11.6. The fraction of sp³-hybridized carbons (Fsp3) is 0.462. The molecule has 0 heterocycles. The summed E-state index contributed by atoms with van der Waals surface area (Å²) in [5.74, 6) is 0.0227. The number of hydrogen-bond donors (Lipinski definition) is 2. The van der Waals surface area contributed by atoms with Crippen molar-refractivity contribution in [2.24, 2.45) is 0 Å². The van der Waals surface area contributed by atoms with Gasteiger partial charge in [0.2, 0.25) is 5.91 Å². The molecule has 0 aromatic heterocycles. The molecule has 1 amide bonds. The molecule has 2 N–H and O–H groups in total. The lowest BCUT2D eigenvalue weighted by Gasteiger charge is -2.15. The van der Waals surface area contributed by atoms with Crippen LogP contribution in [-0.4, -0.2) is 19.0 Å². The van der Waals surface area contributed by atoms with Crippen molar-refractivity contribution >= 4 is 29.1 Å². The Kier molecular flexibility index (Phi) is 6.47. The Morgan fingerprint density at radius 2 is 2.06 bits per heavy atom. The lowest BCUT2D eigenvalue weighted by molar-refractivity contribution is -0.121. The molecular formula is C13H18Cl2N2O. The zero-order chi connectivity index (χ0) is 13.5. The van der Waals surface area contributed by atoms with Crippen molar-refractivity contribution in [3.05, 3.63) is 33.8 Å². The van der Waals surface area contributed by atoms with Gasteiger partial charge in [0.1, 0.15) is 0 Å². The number of nitrogens with one attached hydrogen (secondary N) is 2. The van der Waals surface area contributed by atoms with Crippen LogP contribution in [0.25, 0.3) is 0 Å². The molecule has 0 fully saturated rings. The van der Waals surface area contributed by atoms with Gasteiger partial charge >= 0.3 is 0 Å². The molecule has 0 aliphatic heterocycles. The molecule has 1 aromatic rings. The average Bonchev–Trinajstić information content (AvgIpc) is 2.33. The van der Waals surface area contributed by atoms with Crippen molar-refractivity contribution in [1.29, 1.82) is 0 Å². The van der Waals surface area contributed by atoms with E-state index in [0.717, 1.165) is 12.1 Å². The second-order valence-corrected chi connectivity index (χ2v) is 4.88. The van der Waals surface area contributed by atoms with E-state index in [1.807, 2.05) is 19.9 Å². The molecule has 0 bridgehead atoms. The van der Waals surface area contributed by atoms with Gasteiger partial charge in [-0.3, -0.25) is 4.79 Å².